The molecule has 0 saturated heterocycles. The van der Waals surface area contributed by atoms with Crippen molar-refractivity contribution in [3.63, 3.8) is 0 Å². The maximum atomic E-state index is 13.6. The van der Waals surface area contributed by atoms with E-state index in [0.29, 0.717) is 11.4 Å². The van der Waals surface area contributed by atoms with E-state index in [9.17, 15) is 14.0 Å². The highest BCUT2D eigenvalue weighted by atomic mass is 35.5. The zero-order valence-corrected chi connectivity index (χ0v) is 16.7. The van der Waals surface area contributed by atoms with Gasteiger partial charge in [-0.2, -0.15) is 4.98 Å². The van der Waals surface area contributed by atoms with Crippen molar-refractivity contribution in [3.05, 3.63) is 65.1 Å². The molecular weight excluding hydrogens is 413 g/mol. The molecule has 3 N–H and O–H groups in total. The number of amides is 1. The van der Waals surface area contributed by atoms with Crippen LogP contribution in [-0.2, 0) is 4.79 Å². The molecule has 1 heterocycles. The van der Waals surface area contributed by atoms with Crippen LogP contribution >= 0.6 is 11.6 Å². The van der Waals surface area contributed by atoms with Crippen LogP contribution in [-0.4, -0.2) is 35.8 Å². The minimum atomic E-state index is -0.745. The topological polar surface area (TPSA) is 105 Å². The van der Waals surface area contributed by atoms with Crippen LogP contribution in [0.3, 0.4) is 0 Å². The average Bonchev–Trinajstić information content (AvgIpc) is 2.76. The van der Waals surface area contributed by atoms with Crippen molar-refractivity contribution in [3.8, 4) is 5.75 Å². The molecule has 10 heteroatoms. The molecule has 0 fully saturated rings. The number of methoxy groups -OCH3 is 1. The molecule has 3 rings (SSSR count). The standard InChI is InChI=1S/C20H17ClFN5O3/c1-23-19(29)17(28)12-5-3-4-6-15(12)26-18-13(21)10-24-20(27-18)25-11-7-8-14(22)16(9-11)30-2/h3-10H,1-2H3,(H,23,29)(H2,24,25,26,27). The number of carbonyl (C=O) groups is 2. The number of halogens is 2. The fourth-order valence-electron chi connectivity index (χ4n) is 2.54. The van der Waals surface area contributed by atoms with Crippen LogP contribution in [0.1, 0.15) is 10.4 Å². The van der Waals surface area contributed by atoms with Crippen LogP contribution in [0.4, 0.5) is 27.5 Å². The Morgan fingerprint density at radius 3 is 2.63 bits per heavy atom. The first kappa shape index (κ1) is 21.0. The number of likely N-dealkylation sites (N-methyl/N-ethyl adjacent to an activating group) is 1. The molecule has 0 bridgehead atoms. The van der Waals surface area contributed by atoms with Crippen LogP contribution in [0, 0.1) is 5.82 Å². The highest BCUT2D eigenvalue weighted by molar-refractivity contribution is 6.44. The Kier molecular flexibility index (Phi) is 6.43. The van der Waals surface area contributed by atoms with Gasteiger partial charge in [-0.15, -0.1) is 0 Å². The van der Waals surface area contributed by atoms with Crippen LogP contribution in [0.15, 0.2) is 48.7 Å². The second-order valence-electron chi connectivity index (χ2n) is 5.94. The first-order chi connectivity index (χ1) is 14.4. The van der Waals surface area contributed by atoms with Gasteiger partial charge in [0.2, 0.25) is 5.95 Å². The number of benzene rings is 2. The number of aromatic nitrogens is 2. The molecule has 0 spiro atoms. The van der Waals surface area contributed by atoms with Crippen molar-refractivity contribution in [1.29, 1.82) is 0 Å². The molecule has 30 heavy (non-hydrogen) atoms. The highest BCUT2D eigenvalue weighted by Gasteiger charge is 2.19. The van der Waals surface area contributed by atoms with Crippen LogP contribution < -0.4 is 20.7 Å². The lowest BCUT2D eigenvalue weighted by Gasteiger charge is -2.13. The number of nitrogens with zero attached hydrogens (tertiary/aromatic N) is 2. The fraction of sp³-hybridized carbons (Fsp3) is 0.100. The number of Topliss-reactive ketones (excluding diaryl/α,β-unsaturated/α-hetero) is 1. The molecule has 0 aliphatic carbocycles. The Balaban J connectivity index is 1.89. The SMILES string of the molecule is CNC(=O)C(=O)c1ccccc1Nc1nc(Nc2ccc(F)c(OC)c2)ncc1Cl. The van der Waals surface area contributed by atoms with Crippen molar-refractivity contribution >= 4 is 46.4 Å². The minimum absolute atomic E-state index is 0.0638. The number of anilines is 4. The summed E-state index contributed by atoms with van der Waals surface area (Å²) in [5.74, 6) is -1.51. The lowest BCUT2D eigenvalue weighted by molar-refractivity contribution is -0.116. The van der Waals surface area contributed by atoms with E-state index in [4.69, 9.17) is 16.3 Å². The number of ketones is 1. The summed E-state index contributed by atoms with van der Waals surface area (Å²) in [7, 11) is 2.74. The number of carbonyl (C=O) groups excluding carboxylic acids is 2. The molecule has 0 saturated carbocycles. The van der Waals surface area contributed by atoms with Crippen LogP contribution in [0.2, 0.25) is 5.02 Å². The van der Waals surface area contributed by atoms with Crippen molar-refractivity contribution in [1.82, 2.24) is 15.3 Å². The molecule has 1 amide bonds. The van der Waals surface area contributed by atoms with Crippen LogP contribution in [0.25, 0.3) is 0 Å². The summed E-state index contributed by atoms with van der Waals surface area (Å²) in [6.07, 6.45) is 1.36. The summed E-state index contributed by atoms with van der Waals surface area (Å²) in [5.41, 5.74) is 1.00. The summed E-state index contributed by atoms with van der Waals surface area (Å²) >= 11 is 6.19. The first-order valence-corrected chi connectivity index (χ1v) is 9.06. The Morgan fingerprint density at radius 1 is 1.13 bits per heavy atom. The summed E-state index contributed by atoms with van der Waals surface area (Å²) in [5, 5.41) is 8.37. The Hall–Kier alpha value is -3.72. The van der Waals surface area contributed by atoms with E-state index in [1.165, 1.54) is 44.6 Å². The quantitative estimate of drug-likeness (QED) is 0.388. The van der Waals surface area contributed by atoms with E-state index in [2.05, 4.69) is 25.9 Å². The van der Waals surface area contributed by atoms with Gasteiger partial charge in [0, 0.05) is 18.8 Å². The molecule has 0 atom stereocenters. The zero-order chi connectivity index (χ0) is 21.7. The third kappa shape index (κ3) is 4.64. The Morgan fingerprint density at radius 2 is 1.90 bits per heavy atom. The molecule has 154 valence electrons. The van der Waals surface area contributed by atoms with Crippen LogP contribution in [0.5, 0.6) is 5.75 Å². The Labute approximate surface area is 176 Å². The van der Waals surface area contributed by atoms with Gasteiger partial charge in [-0.1, -0.05) is 23.7 Å². The van der Waals surface area contributed by atoms with Gasteiger partial charge >= 0.3 is 0 Å². The largest absolute Gasteiger partial charge is 0.494 e. The third-order valence-corrected chi connectivity index (χ3v) is 4.29. The second-order valence-corrected chi connectivity index (χ2v) is 6.35. The molecule has 0 aliphatic rings. The van der Waals surface area contributed by atoms with Gasteiger partial charge in [0.25, 0.3) is 11.7 Å². The minimum Gasteiger partial charge on any atom is -0.494 e. The number of ether oxygens (including phenoxy) is 1. The third-order valence-electron chi connectivity index (χ3n) is 4.01. The van der Waals surface area contributed by atoms with Gasteiger partial charge in [-0.25, -0.2) is 9.37 Å². The molecule has 2 aromatic carbocycles. The summed E-state index contributed by atoms with van der Waals surface area (Å²) < 4.78 is 18.5. The van der Waals surface area contributed by atoms with E-state index in [1.54, 1.807) is 18.2 Å². The summed E-state index contributed by atoms with van der Waals surface area (Å²) in [6, 6.07) is 10.7. The summed E-state index contributed by atoms with van der Waals surface area (Å²) in [6.45, 7) is 0. The lowest BCUT2D eigenvalue weighted by Crippen LogP contribution is -2.28. The average molecular weight is 430 g/mol. The number of nitrogens with one attached hydrogen (secondary N) is 3. The van der Waals surface area contributed by atoms with E-state index in [1.807, 2.05) is 0 Å². The van der Waals surface area contributed by atoms with Crippen molar-refractivity contribution in [2.45, 2.75) is 0 Å². The molecule has 8 nitrogen and oxygen atoms in total. The van der Waals surface area contributed by atoms with Gasteiger partial charge in [-0.05, 0) is 24.3 Å². The van der Waals surface area contributed by atoms with Gasteiger partial charge in [0.1, 0.15) is 5.02 Å². The predicted molar refractivity (Wildman–Crippen MR) is 111 cm³/mol. The molecule has 0 unspecified atom stereocenters. The van der Waals surface area contributed by atoms with Crippen molar-refractivity contribution in [2.75, 3.05) is 24.8 Å². The number of hydrogen-bond acceptors (Lipinski definition) is 7. The summed E-state index contributed by atoms with van der Waals surface area (Å²) in [4.78, 5) is 32.4. The monoisotopic (exact) mass is 429 g/mol. The first-order valence-electron chi connectivity index (χ1n) is 8.68. The van der Waals surface area contributed by atoms with Crippen molar-refractivity contribution < 1.29 is 18.7 Å². The van der Waals surface area contributed by atoms with Gasteiger partial charge < -0.3 is 20.7 Å². The molecule has 0 radical (unpaired) electrons. The smallest absolute Gasteiger partial charge is 0.292 e. The number of hydrogen-bond donors (Lipinski definition) is 3. The fourth-order valence-corrected chi connectivity index (χ4v) is 2.67. The van der Waals surface area contributed by atoms with Gasteiger partial charge in [0.05, 0.1) is 24.6 Å². The Bertz CT molecular complexity index is 1110. The molecule has 1 aromatic heterocycles. The lowest BCUT2D eigenvalue weighted by atomic mass is 10.1. The molecule has 3 aromatic rings. The van der Waals surface area contributed by atoms with Gasteiger partial charge in [-0.3, -0.25) is 9.59 Å². The van der Waals surface area contributed by atoms with E-state index in [0.717, 1.165) is 0 Å². The zero-order valence-electron chi connectivity index (χ0n) is 16.0. The molecular formula is C20H17ClFN5O3. The number of para-hydroxylation sites is 1. The van der Waals surface area contributed by atoms with E-state index in [-0.39, 0.29) is 28.1 Å². The normalized spacial score (nSPS) is 10.3. The number of rotatable bonds is 7. The maximum absolute atomic E-state index is 13.6. The van der Waals surface area contributed by atoms with E-state index < -0.39 is 17.5 Å². The van der Waals surface area contributed by atoms with Gasteiger partial charge in [0.15, 0.2) is 17.4 Å². The van der Waals surface area contributed by atoms with E-state index >= 15 is 0 Å². The second kappa shape index (κ2) is 9.19. The van der Waals surface area contributed by atoms with Crippen molar-refractivity contribution in [2.24, 2.45) is 0 Å². The maximum Gasteiger partial charge on any atom is 0.292 e. The molecule has 0 aliphatic heterocycles. The predicted octanol–water partition coefficient (Wildman–Crippen LogP) is 3.69. The highest BCUT2D eigenvalue weighted by Crippen LogP contribution is 2.28.